The molecule has 0 heterocycles. The normalized spacial score (nSPS) is 16.1. The van der Waals surface area contributed by atoms with Gasteiger partial charge in [0.2, 0.25) is 5.91 Å². The number of hydrogen-bond donors (Lipinski definition) is 2. The van der Waals surface area contributed by atoms with Crippen molar-refractivity contribution >= 4 is 33.7 Å². The summed E-state index contributed by atoms with van der Waals surface area (Å²) >= 11 is 3.42. The van der Waals surface area contributed by atoms with E-state index >= 15 is 0 Å². The van der Waals surface area contributed by atoms with Gasteiger partial charge in [-0.25, -0.2) is 4.79 Å². The topological polar surface area (TPSA) is 102 Å². The number of benzene rings is 4. The largest absolute Gasteiger partial charge is 0.491 e. The van der Waals surface area contributed by atoms with Crippen LogP contribution >= 0.6 is 15.9 Å². The van der Waals surface area contributed by atoms with Gasteiger partial charge in [-0.1, -0.05) is 70.5 Å². The monoisotopic (exact) mass is 735 g/mol. The van der Waals surface area contributed by atoms with Crippen molar-refractivity contribution in [2.24, 2.45) is 5.73 Å². The first-order valence-corrected chi connectivity index (χ1v) is 16.9. The summed E-state index contributed by atoms with van der Waals surface area (Å²) in [5, 5.41) is 3.14. The molecule has 0 radical (unpaired) electrons. The first-order chi connectivity index (χ1) is 23.4. The van der Waals surface area contributed by atoms with E-state index in [0.29, 0.717) is 25.1 Å². The molecule has 0 aromatic heterocycles. The molecular formula is C38H37BrF3N3O4. The van der Waals surface area contributed by atoms with Crippen molar-refractivity contribution in [3.05, 3.63) is 124 Å². The van der Waals surface area contributed by atoms with Gasteiger partial charge in [-0.15, -0.1) is 0 Å². The van der Waals surface area contributed by atoms with Gasteiger partial charge in [-0.3, -0.25) is 9.59 Å². The number of carbonyl (C=O) groups is 3. The van der Waals surface area contributed by atoms with Crippen LogP contribution < -0.4 is 15.8 Å². The van der Waals surface area contributed by atoms with Gasteiger partial charge < -0.3 is 20.7 Å². The first-order valence-electron chi connectivity index (χ1n) is 16.1. The molecule has 1 saturated carbocycles. The van der Waals surface area contributed by atoms with Crippen LogP contribution in [0.25, 0.3) is 11.1 Å². The number of alkyl halides is 3. The van der Waals surface area contributed by atoms with Gasteiger partial charge in [0.15, 0.2) is 0 Å². The Kier molecular flexibility index (Phi) is 11.9. The van der Waals surface area contributed by atoms with Gasteiger partial charge in [0.25, 0.3) is 5.91 Å². The molecule has 4 aromatic carbocycles. The molecule has 3 N–H and O–H groups in total. The van der Waals surface area contributed by atoms with E-state index in [1.165, 1.54) is 12.1 Å². The second-order valence-electron chi connectivity index (χ2n) is 12.3. The van der Waals surface area contributed by atoms with E-state index in [-0.39, 0.29) is 36.1 Å². The average molecular weight is 737 g/mol. The smallest absolute Gasteiger partial charge is 0.420 e. The molecule has 1 aliphatic rings. The van der Waals surface area contributed by atoms with Gasteiger partial charge in [-0.05, 0) is 102 Å². The number of rotatable bonds is 11. The van der Waals surface area contributed by atoms with E-state index < -0.39 is 12.1 Å². The number of ether oxygens (including phenoxy) is 1. The van der Waals surface area contributed by atoms with Crippen LogP contribution in [-0.4, -0.2) is 47.5 Å². The van der Waals surface area contributed by atoms with Crippen molar-refractivity contribution in [3.8, 4) is 16.9 Å². The first kappa shape index (κ1) is 35.8. The Balaban J connectivity index is 1.29. The molecule has 2 amide bonds. The molecule has 0 aliphatic heterocycles. The molecule has 5 rings (SSSR count). The lowest BCUT2D eigenvalue weighted by Crippen LogP contribution is -2.40. The van der Waals surface area contributed by atoms with Gasteiger partial charge in [0, 0.05) is 35.2 Å². The lowest BCUT2D eigenvalue weighted by atomic mass is 9.91. The van der Waals surface area contributed by atoms with Crippen LogP contribution in [-0.2, 0) is 29.0 Å². The molecule has 4 aromatic rings. The van der Waals surface area contributed by atoms with E-state index in [1.807, 2.05) is 66.7 Å². The summed E-state index contributed by atoms with van der Waals surface area (Å²) in [6, 6.07) is 28.9. The van der Waals surface area contributed by atoms with Crippen LogP contribution in [0.1, 0.15) is 52.7 Å². The summed E-state index contributed by atoms with van der Waals surface area (Å²) in [4.78, 5) is 39.6. The predicted octanol–water partition coefficient (Wildman–Crippen LogP) is 7.40. The minimum absolute atomic E-state index is 0.0919. The van der Waals surface area contributed by atoms with Crippen molar-refractivity contribution in [2.45, 2.75) is 63.3 Å². The fourth-order valence-corrected chi connectivity index (χ4v) is 6.04. The zero-order chi connectivity index (χ0) is 35.0. The van der Waals surface area contributed by atoms with E-state index in [4.69, 9.17) is 5.73 Å². The van der Waals surface area contributed by atoms with E-state index in [2.05, 4.69) is 26.0 Å². The van der Waals surface area contributed by atoms with Gasteiger partial charge >= 0.3 is 12.1 Å². The van der Waals surface area contributed by atoms with Crippen LogP contribution in [0.3, 0.4) is 0 Å². The Morgan fingerprint density at radius 1 is 0.816 bits per heavy atom. The van der Waals surface area contributed by atoms with Crippen LogP contribution in [0, 0.1) is 0 Å². The Morgan fingerprint density at radius 3 is 2.12 bits per heavy atom. The Bertz CT molecular complexity index is 1760. The maximum absolute atomic E-state index is 13.6. The lowest BCUT2D eigenvalue weighted by molar-refractivity contribution is -0.189. The van der Waals surface area contributed by atoms with Crippen molar-refractivity contribution < 1.29 is 32.3 Å². The van der Waals surface area contributed by atoms with Crippen LogP contribution in [0.2, 0.25) is 0 Å². The van der Waals surface area contributed by atoms with Gasteiger partial charge in [0.05, 0.1) is 6.42 Å². The molecule has 49 heavy (non-hydrogen) atoms. The van der Waals surface area contributed by atoms with Crippen molar-refractivity contribution in [2.75, 3.05) is 6.54 Å². The minimum atomic E-state index is -5.09. The molecule has 0 unspecified atom stereocenters. The quantitative estimate of drug-likeness (QED) is 0.124. The predicted molar refractivity (Wildman–Crippen MR) is 185 cm³/mol. The molecular weight excluding hydrogens is 699 g/mol. The van der Waals surface area contributed by atoms with Crippen LogP contribution in [0.4, 0.5) is 13.2 Å². The zero-order valence-corrected chi connectivity index (χ0v) is 28.3. The summed E-state index contributed by atoms with van der Waals surface area (Å²) in [5.41, 5.74) is 10.9. The number of hydrogen-bond acceptors (Lipinski definition) is 5. The van der Waals surface area contributed by atoms with Crippen molar-refractivity contribution in [1.29, 1.82) is 0 Å². The molecule has 7 nitrogen and oxygen atoms in total. The van der Waals surface area contributed by atoms with Gasteiger partial charge in [0.1, 0.15) is 5.75 Å². The molecule has 0 atom stereocenters. The fraction of sp³-hybridized carbons (Fsp3) is 0.289. The SMILES string of the molecule is NC1CCC(NC(=O)c2cccc(-c3cccc(CN(CCc4ccc(OC(=O)C(F)(F)F)cc4)C(=O)Cc4ccc(Br)cc4)c3)c2)CC1. The Hall–Kier alpha value is -4.48. The summed E-state index contributed by atoms with van der Waals surface area (Å²) in [7, 11) is 0. The van der Waals surface area contributed by atoms with Crippen LogP contribution in [0.5, 0.6) is 5.75 Å². The molecule has 256 valence electrons. The maximum atomic E-state index is 13.6. The zero-order valence-electron chi connectivity index (χ0n) is 26.7. The molecule has 0 bridgehead atoms. The summed E-state index contributed by atoms with van der Waals surface area (Å²) in [6.45, 7) is 0.650. The number of carbonyl (C=O) groups excluding carboxylic acids is 3. The second-order valence-corrected chi connectivity index (χ2v) is 13.2. The molecule has 11 heteroatoms. The van der Waals surface area contributed by atoms with Crippen molar-refractivity contribution in [3.63, 3.8) is 0 Å². The maximum Gasteiger partial charge on any atom is 0.491 e. The summed E-state index contributed by atoms with van der Waals surface area (Å²) < 4.78 is 43.0. The number of esters is 1. The Labute approximate surface area is 291 Å². The molecule has 0 saturated heterocycles. The summed E-state index contributed by atoms with van der Waals surface area (Å²) in [6.07, 6.45) is -0.951. The lowest BCUT2D eigenvalue weighted by Gasteiger charge is -2.26. The van der Waals surface area contributed by atoms with Crippen molar-refractivity contribution in [1.82, 2.24) is 10.2 Å². The third kappa shape index (κ3) is 10.5. The highest BCUT2D eigenvalue weighted by Gasteiger charge is 2.41. The number of nitrogens with one attached hydrogen (secondary N) is 1. The number of nitrogens with two attached hydrogens (primary N) is 1. The third-order valence-corrected chi connectivity index (χ3v) is 9.05. The molecule has 0 spiro atoms. The summed E-state index contributed by atoms with van der Waals surface area (Å²) in [5.74, 6) is -2.71. The van der Waals surface area contributed by atoms with E-state index in [9.17, 15) is 27.6 Å². The highest BCUT2D eigenvalue weighted by atomic mass is 79.9. The van der Waals surface area contributed by atoms with E-state index in [1.54, 1.807) is 23.1 Å². The van der Waals surface area contributed by atoms with E-state index in [0.717, 1.165) is 58.0 Å². The number of halogens is 4. The van der Waals surface area contributed by atoms with Gasteiger partial charge in [-0.2, -0.15) is 13.2 Å². The number of nitrogens with zero attached hydrogens (tertiary/aromatic N) is 1. The third-order valence-electron chi connectivity index (χ3n) is 8.52. The standard InChI is InChI=1S/C38H37BrF3N3O4/c39-31-11-7-26(8-12-31)22-35(46)45(20-19-25-9-17-34(18-10-25)49-37(48)38(40,41)42)24-27-3-1-4-28(21-27)29-5-2-6-30(23-29)36(47)44-33-15-13-32(43)14-16-33/h1-12,17-18,21,23,32-33H,13-16,19-20,22,24,43H2,(H,44,47). The highest BCUT2D eigenvalue weighted by molar-refractivity contribution is 9.10. The fourth-order valence-electron chi connectivity index (χ4n) is 5.78. The molecule has 1 fully saturated rings. The highest BCUT2D eigenvalue weighted by Crippen LogP contribution is 2.25. The minimum Gasteiger partial charge on any atom is -0.420 e. The average Bonchev–Trinajstić information content (AvgIpc) is 3.09. The molecule has 1 aliphatic carbocycles. The van der Waals surface area contributed by atoms with Crippen LogP contribution in [0.15, 0.2) is 102 Å². The second kappa shape index (κ2) is 16.3. The number of amides is 2. The Morgan fingerprint density at radius 2 is 1.45 bits per heavy atom.